The van der Waals surface area contributed by atoms with Crippen LogP contribution in [0, 0.1) is 0 Å². The SMILES string of the molecule is CN1c2ccccc2Oc2cc(NCN)c(-c3ccccc3Nc3ccccc3Cc3ccccc3)c(c2)-c2ccccc21. The highest BCUT2D eigenvalue weighted by molar-refractivity contribution is 6.01. The van der Waals surface area contributed by atoms with Crippen molar-refractivity contribution in [2.24, 2.45) is 5.73 Å². The molecule has 6 aromatic rings. The molecular weight excluding hydrogens is 540 g/mol. The van der Waals surface area contributed by atoms with Crippen LogP contribution in [-0.2, 0) is 6.42 Å². The van der Waals surface area contributed by atoms with Gasteiger partial charge in [-0.15, -0.1) is 0 Å². The highest BCUT2D eigenvalue weighted by Gasteiger charge is 2.24. The fourth-order valence-electron chi connectivity index (χ4n) is 6.07. The zero-order valence-corrected chi connectivity index (χ0v) is 24.6. The maximum atomic E-state index is 6.56. The number of rotatable bonds is 7. The molecule has 0 aromatic heterocycles. The third-order valence-electron chi connectivity index (χ3n) is 8.13. The van der Waals surface area contributed by atoms with E-state index in [0.29, 0.717) is 0 Å². The average molecular weight is 575 g/mol. The number of anilines is 5. The van der Waals surface area contributed by atoms with Gasteiger partial charge in [-0.25, -0.2) is 0 Å². The Hall–Kier alpha value is -5.52. The number of fused-ring (bicyclic) bond motifs is 5. The molecule has 7 rings (SSSR count). The maximum Gasteiger partial charge on any atom is 0.151 e. The topological polar surface area (TPSA) is 62.5 Å². The Labute approximate surface area is 258 Å². The highest BCUT2D eigenvalue weighted by Crippen LogP contribution is 2.50. The van der Waals surface area contributed by atoms with E-state index < -0.39 is 0 Å². The fraction of sp³-hybridized carbons (Fsp3) is 0.0769. The lowest BCUT2D eigenvalue weighted by Crippen LogP contribution is -2.12. The second-order valence-corrected chi connectivity index (χ2v) is 10.9. The molecule has 0 saturated carbocycles. The summed E-state index contributed by atoms with van der Waals surface area (Å²) in [6.45, 7) is 0.281. The molecule has 0 fully saturated rings. The van der Waals surface area contributed by atoms with E-state index in [4.69, 9.17) is 10.5 Å². The minimum absolute atomic E-state index is 0.281. The first-order valence-corrected chi connectivity index (χ1v) is 14.9. The van der Waals surface area contributed by atoms with Gasteiger partial charge < -0.3 is 26.0 Å². The lowest BCUT2D eigenvalue weighted by Gasteiger charge is -2.25. The molecule has 2 bridgehead atoms. The molecule has 0 spiro atoms. The third kappa shape index (κ3) is 5.26. The van der Waals surface area contributed by atoms with Crippen molar-refractivity contribution < 1.29 is 4.74 Å². The summed E-state index contributed by atoms with van der Waals surface area (Å²) in [5.41, 5.74) is 18.0. The van der Waals surface area contributed by atoms with E-state index in [1.807, 2.05) is 18.2 Å². The van der Waals surface area contributed by atoms with Gasteiger partial charge in [-0.05, 0) is 59.5 Å². The predicted octanol–water partition coefficient (Wildman–Crippen LogP) is 9.56. The van der Waals surface area contributed by atoms with Gasteiger partial charge in [0, 0.05) is 52.6 Å². The van der Waals surface area contributed by atoms with Crippen LogP contribution in [0.2, 0.25) is 0 Å². The molecule has 0 radical (unpaired) electrons. The van der Waals surface area contributed by atoms with Crippen LogP contribution in [0.15, 0.2) is 140 Å². The summed E-state index contributed by atoms with van der Waals surface area (Å²) in [7, 11) is 2.09. The summed E-state index contributed by atoms with van der Waals surface area (Å²) < 4.78 is 6.56. The predicted molar refractivity (Wildman–Crippen MR) is 184 cm³/mol. The molecule has 0 atom stereocenters. The van der Waals surface area contributed by atoms with Gasteiger partial charge in [0.1, 0.15) is 5.75 Å². The largest absolute Gasteiger partial charge is 0.455 e. The van der Waals surface area contributed by atoms with Crippen molar-refractivity contribution in [3.05, 3.63) is 151 Å². The molecule has 1 aliphatic heterocycles. The molecule has 0 aliphatic carbocycles. The van der Waals surface area contributed by atoms with E-state index in [2.05, 4.69) is 144 Å². The summed E-state index contributed by atoms with van der Waals surface area (Å²) >= 11 is 0. The summed E-state index contributed by atoms with van der Waals surface area (Å²) in [5.74, 6) is 1.54. The number of nitrogens with one attached hydrogen (secondary N) is 2. The van der Waals surface area contributed by atoms with Gasteiger partial charge in [0.05, 0.1) is 12.4 Å². The molecule has 5 nitrogen and oxygen atoms in total. The number of ether oxygens (including phenoxy) is 1. The number of nitrogens with two attached hydrogens (primary N) is 1. The Morgan fingerprint density at radius 3 is 2.09 bits per heavy atom. The molecule has 216 valence electrons. The Bertz CT molecular complexity index is 1940. The summed E-state index contributed by atoms with van der Waals surface area (Å²) in [4.78, 5) is 2.20. The Balaban J connectivity index is 1.40. The van der Waals surface area contributed by atoms with Gasteiger partial charge in [-0.2, -0.15) is 0 Å². The summed E-state index contributed by atoms with van der Waals surface area (Å²) in [5, 5.41) is 7.25. The highest BCUT2D eigenvalue weighted by atomic mass is 16.5. The van der Waals surface area contributed by atoms with Gasteiger partial charge in [0.15, 0.2) is 5.75 Å². The van der Waals surface area contributed by atoms with Crippen molar-refractivity contribution in [3.8, 4) is 33.8 Å². The first kappa shape index (κ1) is 27.3. The number of nitrogens with zero attached hydrogens (tertiary/aromatic N) is 1. The summed E-state index contributed by atoms with van der Waals surface area (Å²) in [6, 6.07) is 48.4. The minimum Gasteiger partial charge on any atom is -0.455 e. The molecule has 0 unspecified atom stereocenters. The van der Waals surface area contributed by atoms with E-state index >= 15 is 0 Å². The van der Waals surface area contributed by atoms with Gasteiger partial charge in [0.2, 0.25) is 0 Å². The van der Waals surface area contributed by atoms with E-state index in [0.717, 1.165) is 68.6 Å². The smallest absolute Gasteiger partial charge is 0.151 e. The van der Waals surface area contributed by atoms with Crippen LogP contribution in [0.25, 0.3) is 22.3 Å². The molecule has 6 aromatic carbocycles. The molecule has 5 heteroatoms. The zero-order valence-electron chi connectivity index (χ0n) is 24.6. The first-order chi connectivity index (χ1) is 21.7. The normalized spacial score (nSPS) is 11.7. The van der Waals surface area contributed by atoms with Crippen molar-refractivity contribution in [3.63, 3.8) is 0 Å². The second-order valence-electron chi connectivity index (χ2n) is 10.9. The zero-order chi connectivity index (χ0) is 29.9. The van der Waals surface area contributed by atoms with Crippen LogP contribution in [-0.4, -0.2) is 13.7 Å². The fourth-order valence-corrected chi connectivity index (χ4v) is 6.07. The van der Waals surface area contributed by atoms with Crippen molar-refractivity contribution in [2.75, 3.05) is 29.2 Å². The number of benzene rings is 6. The second kappa shape index (κ2) is 12.0. The molecule has 1 heterocycles. The van der Waals surface area contributed by atoms with Crippen LogP contribution < -0.4 is 26.0 Å². The van der Waals surface area contributed by atoms with E-state index in [-0.39, 0.29) is 6.67 Å². The average Bonchev–Trinajstić information content (AvgIpc) is 3.10. The Morgan fingerprint density at radius 2 is 1.27 bits per heavy atom. The molecule has 1 aliphatic rings. The third-order valence-corrected chi connectivity index (χ3v) is 8.13. The van der Waals surface area contributed by atoms with Gasteiger partial charge in [-0.3, -0.25) is 0 Å². The number of para-hydroxylation sites is 5. The van der Waals surface area contributed by atoms with Crippen LogP contribution >= 0.6 is 0 Å². The van der Waals surface area contributed by atoms with E-state index in [1.165, 1.54) is 11.1 Å². The molecule has 44 heavy (non-hydrogen) atoms. The van der Waals surface area contributed by atoms with Crippen LogP contribution in [0.4, 0.5) is 28.4 Å². The van der Waals surface area contributed by atoms with Gasteiger partial charge >= 0.3 is 0 Å². The van der Waals surface area contributed by atoms with Crippen LogP contribution in [0.1, 0.15) is 11.1 Å². The molecular formula is C39H34N4O. The van der Waals surface area contributed by atoms with Crippen molar-refractivity contribution >= 4 is 28.4 Å². The van der Waals surface area contributed by atoms with Crippen molar-refractivity contribution in [1.29, 1.82) is 0 Å². The molecule has 0 saturated heterocycles. The van der Waals surface area contributed by atoms with Crippen LogP contribution in [0.5, 0.6) is 11.5 Å². The van der Waals surface area contributed by atoms with E-state index in [1.54, 1.807) is 0 Å². The Kier molecular flexibility index (Phi) is 7.45. The summed E-state index contributed by atoms with van der Waals surface area (Å²) in [6.07, 6.45) is 0.837. The Morgan fingerprint density at radius 1 is 0.614 bits per heavy atom. The lowest BCUT2D eigenvalue weighted by atomic mass is 9.90. The van der Waals surface area contributed by atoms with Gasteiger partial charge in [0.25, 0.3) is 0 Å². The quantitative estimate of drug-likeness (QED) is 0.166. The van der Waals surface area contributed by atoms with Gasteiger partial charge in [-0.1, -0.05) is 97.1 Å². The lowest BCUT2D eigenvalue weighted by molar-refractivity contribution is 0.484. The van der Waals surface area contributed by atoms with Crippen LogP contribution in [0.3, 0.4) is 0 Å². The number of hydrogen-bond donors (Lipinski definition) is 3. The van der Waals surface area contributed by atoms with Crippen molar-refractivity contribution in [2.45, 2.75) is 6.42 Å². The minimum atomic E-state index is 0.281. The maximum absolute atomic E-state index is 6.56. The molecule has 0 amide bonds. The molecule has 4 N–H and O–H groups in total. The number of hydrogen-bond acceptors (Lipinski definition) is 5. The van der Waals surface area contributed by atoms with Crippen molar-refractivity contribution in [1.82, 2.24) is 0 Å². The first-order valence-electron chi connectivity index (χ1n) is 14.9. The van der Waals surface area contributed by atoms with E-state index in [9.17, 15) is 0 Å². The monoisotopic (exact) mass is 574 g/mol. The standard InChI is InChI=1S/C39H34N4O/c1-43-36-20-10-7-16-30(36)32-24-29(44-38-22-12-11-21-37(38)43)25-35(41-26-40)39(32)31-17-6-9-19-34(31)42-33-18-8-5-15-28(33)23-27-13-3-2-4-14-27/h2-22,24-25,41-42H,23,26,40H2,1H3.